The maximum absolute atomic E-state index is 12.8. The minimum atomic E-state index is -0.0716. The maximum Gasteiger partial charge on any atom is 0.234 e. The van der Waals surface area contributed by atoms with E-state index < -0.39 is 0 Å². The first-order chi connectivity index (χ1) is 16.1. The van der Waals surface area contributed by atoms with Crippen LogP contribution >= 0.6 is 23.1 Å². The van der Waals surface area contributed by atoms with Crippen molar-refractivity contribution in [3.05, 3.63) is 71.6 Å². The average Bonchev–Trinajstić information content (AvgIpc) is 3.52. The number of carbonyl (C=O) groups is 1. The molecular formula is C25H26N4O2S2. The third-order valence-electron chi connectivity index (χ3n) is 5.42. The standard InChI is InChI=1S/C25H26N4O2S2/c1-4-17(2)20-8-5-6-9-21(20)26-23(30)16-33-25-28-27-24(22-10-7-15-32-22)29(25)18-11-13-19(31-3)14-12-18/h5-15,17H,4,16H2,1-3H3,(H,26,30). The fourth-order valence-corrected chi connectivity index (χ4v) is 4.92. The number of ether oxygens (including phenoxy) is 1. The van der Waals surface area contributed by atoms with Crippen molar-refractivity contribution in [2.24, 2.45) is 0 Å². The highest BCUT2D eigenvalue weighted by Crippen LogP contribution is 2.31. The van der Waals surface area contributed by atoms with E-state index in [1.165, 1.54) is 11.8 Å². The van der Waals surface area contributed by atoms with Gasteiger partial charge >= 0.3 is 0 Å². The molecule has 0 aliphatic rings. The van der Waals surface area contributed by atoms with Gasteiger partial charge in [0, 0.05) is 5.69 Å². The number of anilines is 1. The Labute approximate surface area is 202 Å². The SMILES string of the molecule is CCC(C)c1ccccc1NC(=O)CSc1nnc(-c2cccs2)n1-c1ccc(OC)cc1. The molecule has 0 aliphatic carbocycles. The van der Waals surface area contributed by atoms with Crippen LogP contribution in [0.4, 0.5) is 5.69 Å². The van der Waals surface area contributed by atoms with Crippen LogP contribution in [-0.4, -0.2) is 33.5 Å². The quantitative estimate of drug-likeness (QED) is 0.288. The monoisotopic (exact) mass is 478 g/mol. The number of thiophene rings is 1. The molecule has 0 bridgehead atoms. The molecule has 2 aromatic carbocycles. The number of carbonyl (C=O) groups excluding carboxylic acids is 1. The van der Waals surface area contributed by atoms with Crippen LogP contribution in [0.1, 0.15) is 31.7 Å². The minimum absolute atomic E-state index is 0.0716. The molecule has 1 amide bonds. The summed E-state index contributed by atoms with van der Waals surface area (Å²) in [5.41, 5.74) is 2.93. The summed E-state index contributed by atoms with van der Waals surface area (Å²) in [7, 11) is 1.64. The van der Waals surface area contributed by atoms with Crippen molar-refractivity contribution in [3.8, 4) is 22.1 Å². The summed E-state index contributed by atoms with van der Waals surface area (Å²) in [6.45, 7) is 4.32. The lowest BCUT2D eigenvalue weighted by Crippen LogP contribution is -2.16. The number of nitrogens with zero attached hydrogens (tertiary/aromatic N) is 3. The third kappa shape index (κ3) is 5.29. The molecule has 6 nitrogen and oxygen atoms in total. The van der Waals surface area contributed by atoms with Crippen molar-refractivity contribution in [1.29, 1.82) is 0 Å². The van der Waals surface area contributed by atoms with Crippen LogP contribution in [-0.2, 0) is 4.79 Å². The molecule has 0 radical (unpaired) electrons. The predicted octanol–water partition coefficient (Wildman–Crippen LogP) is 6.25. The lowest BCUT2D eigenvalue weighted by Gasteiger charge is -2.15. The molecule has 0 fully saturated rings. The first-order valence-electron chi connectivity index (χ1n) is 10.8. The van der Waals surface area contributed by atoms with E-state index in [1.807, 2.05) is 64.5 Å². The van der Waals surface area contributed by atoms with Gasteiger partial charge in [-0.15, -0.1) is 21.5 Å². The van der Waals surface area contributed by atoms with Crippen molar-refractivity contribution in [2.75, 3.05) is 18.2 Å². The summed E-state index contributed by atoms with van der Waals surface area (Å²) >= 11 is 2.97. The highest BCUT2D eigenvalue weighted by molar-refractivity contribution is 7.99. The molecule has 0 aliphatic heterocycles. The second-order valence-corrected chi connectivity index (χ2v) is 9.44. The van der Waals surface area contributed by atoms with Crippen molar-refractivity contribution in [3.63, 3.8) is 0 Å². The molecule has 0 spiro atoms. The van der Waals surface area contributed by atoms with Gasteiger partial charge in [-0.05, 0) is 59.7 Å². The number of amides is 1. The van der Waals surface area contributed by atoms with Crippen LogP contribution in [0.5, 0.6) is 5.75 Å². The van der Waals surface area contributed by atoms with Gasteiger partial charge in [-0.3, -0.25) is 9.36 Å². The number of rotatable bonds is 9. The molecule has 8 heteroatoms. The topological polar surface area (TPSA) is 69.0 Å². The molecule has 0 saturated carbocycles. The van der Waals surface area contributed by atoms with Gasteiger partial charge in [-0.1, -0.05) is 49.9 Å². The lowest BCUT2D eigenvalue weighted by molar-refractivity contribution is -0.113. The number of nitrogens with one attached hydrogen (secondary N) is 1. The average molecular weight is 479 g/mol. The number of para-hydroxylation sites is 1. The Morgan fingerprint density at radius 2 is 1.91 bits per heavy atom. The minimum Gasteiger partial charge on any atom is -0.497 e. The van der Waals surface area contributed by atoms with E-state index in [9.17, 15) is 4.79 Å². The summed E-state index contributed by atoms with van der Waals surface area (Å²) in [6.07, 6.45) is 1.01. The Morgan fingerprint density at radius 1 is 1.12 bits per heavy atom. The van der Waals surface area contributed by atoms with Crippen LogP contribution in [0.3, 0.4) is 0 Å². The molecule has 4 rings (SSSR count). The first kappa shape index (κ1) is 23.1. The fourth-order valence-electron chi connectivity index (χ4n) is 3.47. The molecule has 4 aromatic rings. The van der Waals surface area contributed by atoms with Gasteiger partial charge in [-0.25, -0.2) is 0 Å². The van der Waals surface area contributed by atoms with Gasteiger partial charge in [-0.2, -0.15) is 0 Å². The summed E-state index contributed by atoms with van der Waals surface area (Å²) in [6, 6.07) is 19.7. The van der Waals surface area contributed by atoms with Crippen LogP contribution in [0, 0.1) is 0 Å². The van der Waals surface area contributed by atoms with Gasteiger partial charge in [0.25, 0.3) is 0 Å². The van der Waals surface area contributed by atoms with E-state index in [1.54, 1.807) is 18.4 Å². The van der Waals surface area contributed by atoms with Crippen molar-refractivity contribution in [1.82, 2.24) is 14.8 Å². The Bertz CT molecular complexity index is 1200. The molecular weight excluding hydrogens is 452 g/mol. The van der Waals surface area contributed by atoms with Crippen LogP contribution in [0.25, 0.3) is 16.4 Å². The van der Waals surface area contributed by atoms with E-state index >= 15 is 0 Å². The summed E-state index contributed by atoms with van der Waals surface area (Å²) in [5, 5.41) is 14.6. The normalized spacial score (nSPS) is 11.8. The Morgan fingerprint density at radius 3 is 2.61 bits per heavy atom. The van der Waals surface area contributed by atoms with Crippen LogP contribution in [0.15, 0.2) is 71.2 Å². The highest BCUT2D eigenvalue weighted by Gasteiger charge is 2.19. The maximum atomic E-state index is 12.8. The second-order valence-electron chi connectivity index (χ2n) is 7.55. The largest absolute Gasteiger partial charge is 0.497 e. The first-order valence-corrected chi connectivity index (χ1v) is 12.6. The van der Waals surface area contributed by atoms with Crippen molar-refractivity contribution in [2.45, 2.75) is 31.3 Å². The van der Waals surface area contributed by atoms with Gasteiger partial charge in [0.15, 0.2) is 11.0 Å². The third-order valence-corrected chi connectivity index (χ3v) is 7.21. The highest BCUT2D eigenvalue weighted by atomic mass is 32.2. The molecule has 2 heterocycles. The molecule has 170 valence electrons. The number of benzene rings is 2. The zero-order valence-corrected chi connectivity index (χ0v) is 20.5. The van der Waals surface area contributed by atoms with E-state index in [-0.39, 0.29) is 11.7 Å². The molecule has 33 heavy (non-hydrogen) atoms. The Kier molecular flexibility index (Phi) is 7.47. The molecule has 1 atom stereocenters. The predicted molar refractivity (Wildman–Crippen MR) is 136 cm³/mol. The van der Waals surface area contributed by atoms with Crippen molar-refractivity contribution < 1.29 is 9.53 Å². The number of aromatic nitrogens is 3. The fraction of sp³-hybridized carbons (Fsp3) is 0.240. The molecule has 1 unspecified atom stereocenters. The van der Waals surface area contributed by atoms with Crippen molar-refractivity contribution >= 4 is 34.7 Å². The Balaban J connectivity index is 1.56. The van der Waals surface area contributed by atoms with Crippen LogP contribution in [0.2, 0.25) is 0 Å². The number of methoxy groups -OCH3 is 1. The Hall–Kier alpha value is -3.10. The molecule has 0 saturated heterocycles. The lowest BCUT2D eigenvalue weighted by atomic mass is 9.97. The molecule has 2 aromatic heterocycles. The molecule has 1 N–H and O–H groups in total. The summed E-state index contributed by atoms with van der Waals surface area (Å²) in [5.74, 6) is 2.06. The van der Waals surface area contributed by atoms with E-state index in [4.69, 9.17) is 4.74 Å². The smallest absolute Gasteiger partial charge is 0.234 e. The van der Waals surface area contributed by atoms with Gasteiger partial charge in [0.05, 0.1) is 23.4 Å². The van der Waals surface area contributed by atoms with Gasteiger partial charge in [0.2, 0.25) is 5.91 Å². The number of thioether (sulfide) groups is 1. The second kappa shape index (κ2) is 10.7. The zero-order chi connectivity index (χ0) is 23.2. The van der Waals surface area contributed by atoms with E-state index in [0.717, 1.165) is 39.8 Å². The van der Waals surface area contributed by atoms with Gasteiger partial charge < -0.3 is 10.1 Å². The van der Waals surface area contributed by atoms with E-state index in [0.29, 0.717) is 11.1 Å². The van der Waals surface area contributed by atoms with Gasteiger partial charge in [0.1, 0.15) is 5.75 Å². The summed E-state index contributed by atoms with van der Waals surface area (Å²) < 4.78 is 7.28. The number of hydrogen-bond donors (Lipinski definition) is 1. The summed E-state index contributed by atoms with van der Waals surface area (Å²) in [4.78, 5) is 13.8. The van der Waals surface area contributed by atoms with Crippen LogP contribution < -0.4 is 10.1 Å². The number of hydrogen-bond acceptors (Lipinski definition) is 6. The van der Waals surface area contributed by atoms with E-state index in [2.05, 4.69) is 35.4 Å². The zero-order valence-electron chi connectivity index (χ0n) is 18.8.